The summed E-state index contributed by atoms with van der Waals surface area (Å²) < 4.78 is 0. The van der Waals surface area contributed by atoms with Gasteiger partial charge in [0.2, 0.25) is 5.96 Å². The molecule has 0 bridgehead atoms. The number of piperazine rings is 1. The Kier molecular flexibility index (Phi) is 5.08. The zero-order chi connectivity index (χ0) is 13.8. The second-order valence-electron chi connectivity index (χ2n) is 5.94. The van der Waals surface area contributed by atoms with E-state index in [2.05, 4.69) is 61.2 Å². The predicted molar refractivity (Wildman–Crippen MR) is 79.3 cm³/mol. The molecule has 0 amide bonds. The topological polar surface area (TPSA) is 31.2 Å². The molecule has 1 heterocycles. The van der Waals surface area contributed by atoms with Gasteiger partial charge in [0.25, 0.3) is 0 Å². The van der Waals surface area contributed by atoms with Crippen LogP contribution in [0.3, 0.4) is 0 Å². The van der Waals surface area contributed by atoms with E-state index in [1.165, 1.54) is 5.57 Å². The molecule has 0 aromatic rings. The second-order valence-corrected chi connectivity index (χ2v) is 5.94. The van der Waals surface area contributed by atoms with E-state index in [9.17, 15) is 0 Å². The number of rotatable bonds is 1. The minimum atomic E-state index is 0.151. The van der Waals surface area contributed by atoms with Gasteiger partial charge in [-0.2, -0.15) is 0 Å². The van der Waals surface area contributed by atoms with Crippen LogP contribution in [-0.2, 0) is 0 Å². The molecule has 0 unspecified atom stereocenters. The Morgan fingerprint density at radius 2 is 1.72 bits per heavy atom. The Bertz CT molecular complexity index is 341. The van der Waals surface area contributed by atoms with E-state index in [0.717, 1.165) is 32.1 Å². The first-order valence-electron chi connectivity index (χ1n) is 6.50. The third-order valence-electron chi connectivity index (χ3n) is 3.48. The van der Waals surface area contributed by atoms with Crippen molar-refractivity contribution < 1.29 is 0 Å². The first kappa shape index (κ1) is 14.9. The van der Waals surface area contributed by atoms with Crippen molar-refractivity contribution in [1.82, 2.24) is 9.80 Å². The molecule has 0 radical (unpaired) electrons. The van der Waals surface area contributed by atoms with Gasteiger partial charge in [-0.3, -0.25) is 0 Å². The van der Waals surface area contributed by atoms with Crippen molar-refractivity contribution in [3.63, 3.8) is 0 Å². The zero-order valence-electron chi connectivity index (χ0n) is 12.4. The lowest BCUT2D eigenvalue weighted by molar-refractivity contribution is 0.214. The number of aliphatic imine (C=N–C) groups is 2. The van der Waals surface area contributed by atoms with Crippen LogP contribution >= 0.6 is 0 Å². The highest BCUT2D eigenvalue weighted by molar-refractivity contribution is 5.84. The maximum absolute atomic E-state index is 4.49. The van der Waals surface area contributed by atoms with Crippen LogP contribution in [0.1, 0.15) is 27.7 Å². The summed E-state index contributed by atoms with van der Waals surface area (Å²) >= 11 is 0. The van der Waals surface area contributed by atoms with Crippen LogP contribution in [0.5, 0.6) is 0 Å². The van der Waals surface area contributed by atoms with E-state index in [-0.39, 0.29) is 5.41 Å². The third kappa shape index (κ3) is 4.26. The lowest BCUT2D eigenvalue weighted by atomic mass is 9.88. The summed E-state index contributed by atoms with van der Waals surface area (Å²) in [5, 5.41) is 0. The van der Waals surface area contributed by atoms with Crippen LogP contribution < -0.4 is 0 Å². The second kappa shape index (κ2) is 6.14. The van der Waals surface area contributed by atoms with Gasteiger partial charge < -0.3 is 9.80 Å². The molecule has 0 aromatic carbocycles. The standard InChI is InChI=1S/C14H26N4/c1-12(14(2,3)4)11-16-13(15-5)18-9-7-17(6)8-10-18/h11H,5,7-10H2,1-4,6H3/b12-11+,16-13+. The van der Waals surface area contributed by atoms with E-state index < -0.39 is 0 Å². The van der Waals surface area contributed by atoms with Gasteiger partial charge >= 0.3 is 0 Å². The molecular formula is C14H26N4. The van der Waals surface area contributed by atoms with E-state index >= 15 is 0 Å². The van der Waals surface area contributed by atoms with Crippen LogP contribution in [0.25, 0.3) is 0 Å². The van der Waals surface area contributed by atoms with Gasteiger partial charge in [-0.1, -0.05) is 20.8 Å². The number of guanidine groups is 1. The van der Waals surface area contributed by atoms with Gasteiger partial charge in [0.1, 0.15) is 0 Å². The van der Waals surface area contributed by atoms with E-state index in [4.69, 9.17) is 0 Å². The molecule has 1 saturated heterocycles. The number of hydrogen-bond donors (Lipinski definition) is 0. The van der Waals surface area contributed by atoms with E-state index in [1.807, 2.05) is 6.20 Å². The molecule has 1 aliphatic rings. The van der Waals surface area contributed by atoms with Gasteiger partial charge in [-0.25, -0.2) is 9.98 Å². The summed E-state index contributed by atoms with van der Waals surface area (Å²) in [6.45, 7) is 16.3. The first-order valence-corrected chi connectivity index (χ1v) is 6.50. The molecule has 18 heavy (non-hydrogen) atoms. The highest BCUT2D eigenvalue weighted by Gasteiger charge is 2.17. The average molecular weight is 250 g/mol. The van der Waals surface area contributed by atoms with Crippen molar-refractivity contribution in [2.24, 2.45) is 15.4 Å². The molecule has 0 N–H and O–H groups in total. The van der Waals surface area contributed by atoms with Crippen LogP contribution in [0.15, 0.2) is 21.8 Å². The van der Waals surface area contributed by atoms with Crippen molar-refractivity contribution in [3.8, 4) is 0 Å². The molecule has 0 aromatic heterocycles. The molecule has 4 heteroatoms. The van der Waals surface area contributed by atoms with Crippen LogP contribution in [0.2, 0.25) is 0 Å². The summed E-state index contributed by atoms with van der Waals surface area (Å²) in [7, 11) is 2.14. The summed E-state index contributed by atoms with van der Waals surface area (Å²) in [5.41, 5.74) is 1.40. The Morgan fingerprint density at radius 3 is 2.17 bits per heavy atom. The van der Waals surface area contributed by atoms with Crippen molar-refractivity contribution >= 4 is 12.7 Å². The monoisotopic (exact) mass is 250 g/mol. The largest absolute Gasteiger partial charge is 0.338 e. The van der Waals surface area contributed by atoms with Crippen LogP contribution in [0.4, 0.5) is 0 Å². The molecule has 1 aliphatic heterocycles. The normalized spacial score (nSPS) is 20.2. The number of likely N-dealkylation sites (N-methyl/N-ethyl adjacent to an activating group) is 1. The fourth-order valence-electron chi connectivity index (χ4n) is 1.58. The Morgan fingerprint density at radius 1 is 1.17 bits per heavy atom. The van der Waals surface area contributed by atoms with Gasteiger partial charge in [-0.05, 0) is 31.7 Å². The van der Waals surface area contributed by atoms with Crippen LogP contribution in [-0.4, -0.2) is 55.7 Å². The summed E-state index contributed by atoms with van der Waals surface area (Å²) in [6, 6.07) is 0. The van der Waals surface area contributed by atoms with Crippen molar-refractivity contribution in [2.75, 3.05) is 33.2 Å². The fourth-order valence-corrected chi connectivity index (χ4v) is 1.58. The minimum Gasteiger partial charge on any atom is -0.338 e. The Hall–Kier alpha value is -1.16. The number of nitrogens with zero attached hydrogens (tertiary/aromatic N) is 4. The van der Waals surface area contributed by atoms with E-state index in [1.54, 1.807) is 0 Å². The average Bonchev–Trinajstić information content (AvgIpc) is 2.30. The maximum Gasteiger partial charge on any atom is 0.224 e. The molecule has 102 valence electrons. The fraction of sp³-hybridized carbons (Fsp3) is 0.714. The lowest BCUT2D eigenvalue weighted by Gasteiger charge is -2.32. The highest BCUT2D eigenvalue weighted by atomic mass is 15.3. The van der Waals surface area contributed by atoms with Crippen molar-refractivity contribution in [3.05, 3.63) is 11.8 Å². The number of allylic oxidation sites excluding steroid dienone is 1. The zero-order valence-corrected chi connectivity index (χ0v) is 12.4. The van der Waals surface area contributed by atoms with E-state index in [0.29, 0.717) is 0 Å². The van der Waals surface area contributed by atoms with Crippen molar-refractivity contribution in [2.45, 2.75) is 27.7 Å². The minimum absolute atomic E-state index is 0.151. The summed E-state index contributed by atoms with van der Waals surface area (Å²) in [5.74, 6) is 0.742. The lowest BCUT2D eigenvalue weighted by Crippen LogP contribution is -2.46. The predicted octanol–water partition coefficient (Wildman–Crippen LogP) is 2.24. The Labute approximate surface area is 111 Å². The summed E-state index contributed by atoms with van der Waals surface area (Å²) in [4.78, 5) is 13.1. The molecule has 0 spiro atoms. The summed E-state index contributed by atoms with van der Waals surface area (Å²) in [6.07, 6.45) is 1.92. The molecule has 0 aliphatic carbocycles. The maximum atomic E-state index is 4.49. The van der Waals surface area contributed by atoms with Crippen molar-refractivity contribution in [1.29, 1.82) is 0 Å². The quantitative estimate of drug-likeness (QED) is 0.528. The third-order valence-corrected chi connectivity index (χ3v) is 3.48. The first-order chi connectivity index (χ1) is 8.34. The molecule has 1 rings (SSSR count). The molecule has 1 fully saturated rings. The molecule has 0 atom stereocenters. The highest BCUT2D eigenvalue weighted by Crippen LogP contribution is 2.24. The van der Waals surface area contributed by atoms with Gasteiger partial charge in [0.15, 0.2) is 0 Å². The van der Waals surface area contributed by atoms with Crippen LogP contribution in [0, 0.1) is 5.41 Å². The molecule has 0 saturated carbocycles. The Balaban J connectivity index is 2.75. The molecular weight excluding hydrogens is 224 g/mol. The van der Waals surface area contributed by atoms with Gasteiger partial charge in [0, 0.05) is 32.4 Å². The van der Waals surface area contributed by atoms with Gasteiger partial charge in [0.05, 0.1) is 0 Å². The number of hydrogen-bond acceptors (Lipinski definition) is 2. The SMILES string of the molecule is C=N/C(=N\C=C(/C)C(C)(C)C)N1CCN(C)CC1. The molecule has 4 nitrogen and oxygen atoms in total. The smallest absolute Gasteiger partial charge is 0.224 e. The van der Waals surface area contributed by atoms with Gasteiger partial charge in [-0.15, -0.1) is 0 Å².